The Labute approximate surface area is 120 Å². The summed E-state index contributed by atoms with van der Waals surface area (Å²) in [6, 6.07) is 5.25. The summed E-state index contributed by atoms with van der Waals surface area (Å²) in [4.78, 5) is 0. The lowest BCUT2D eigenvalue weighted by molar-refractivity contribution is 0.403. The quantitative estimate of drug-likeness (QED) is 0.654. The molecule has 0 atom stereocenters. The summed E-state index contributed by atoms with van der Waals surface area (Å²) < 4.78 is 46.0. The molecule has 0 radical (unpaired) electrons. The number of amidine groups is 1. The van der Waals surface area contributed by atoms with E-state index in [9.17, 15) is 13.2 Å². The first kappa shape index (κ1) is 14.4. The van der Waals surface area contributed by atoms with E-state index in [1.54, 1.807) is 0 Å². The van der Waals surface area contributed by atoms with Gasteiger partial charge in [0.25, 0.3) is 0 Å². The number of nitrogen functional groups attached to an aromatic ring is 1. The predicted octanol–water partition coefficient (Wildman–Crippen LogP) is 3.94. The lowest BCUT2D eigenvalue weighted by atomic mass is 10.2. The number of nitrogens with two attached hydrogens (primary N) is 1. The van der Waals surface area contributed by atoms with Gasteiger partial charge in [-0.1, -0.05) is 0 Å². The van der Waals surface area contributed by atoms with Crippen LogP contribution in [-0.4, -0.2) is 5.84 Å². The summed E-state index contributed by atoms with van der Waals surface area (Å²) in [5, 5.41) is 7.13. The highest BCUT2D eigenvalue weighted by molar-refractivity contribution is 9.10. The van der Waals surface area contributed by atoms with Gasteiger partial charge in [0.05, 0.1) is 4.47 Å². The molecule has 0 aliphatic rings. The van der Waals surface area contributed by atoms with Gasteiger partial charge >= 0.3 is 0 Å². The fourth-order valence-electron chi connectivity index (χ4n) is 1.48. The van der Waals surface area contributed by atoms with Crippen molar-refractivity contribution < 1.29 is 17.9 Å². The van der Waals surface area contributed by atoms with Gasteiger partial charge in [-0.05, 0) is 40.2 Å². The average Bonchev–Trinajstić information content (AvgIpc) is 2.37. The van der Waals surface area contributed by atoms with Crippen molar-refractivity contribution in [2.45, 2.75) is 0 Å². The second-order valence-electron chi connectivity index (χ2n) is 3.86. The average molecular weight is 345 g/mol. The molecule has 2 aromatic rings. The molecule has 0 spiro atoms. The van der Waals surface area contributed by atoms with Crippen molar-refractivity contribution in [1.82, 2.24) is 0 Å². The van der Waals surface area contributed by atoms with E-state index in [0.717, 1.165) is 18.2 Å². The van der Waals surface area contributed by atoms with Crippen molar-refractivity contribution in [2.24, 2.45) is 5.73 Å². The monoisotopic (exact) mass is 344 g/mol. The lowest BCUT2D eigenvalue weighted by Crippen LogP contribution is -2.12. The SMILES string of the molecule is N=C(N)c1cc(F)c(Oc2cc(F)ccc2Br)c(F)c1. The van der Waals surface area contributed by atoms with Crippen molar-refractivity contribution in [1.29, 1.82) is 5.41 Å². The first-order valence-corrected chi connectivity index (χ1v) is 6.14. The van der Waals surface area contributed by atoms with Crippen molar-refractivity contribution in [3.63, 3.8) is 0 Å². The Kier molecular flexibility index (Phi) is 3.99. The van der Waals surface area contributed by atoms with Crippen LogP contribution in [0.15, 0.2) is 34.8 Å². The highest BCUT2D eigenvalue weighted by atomic mass is 79.9. The van der Waals surface area contributed by atoms with Gasteiger partial charge in [-0.25, -0.2) is 13.2 Å². The summed E-state index contributed by atoms with van der Waals surface area (Å²) in [7, 11) is 0. The van der Waals surface area contributed by atoms with Gasteiger partial charge in [0.2, 0.25) is 0 Å². The van der Waals surface area contributed by atoms with Crippen LogP contribution in [-0.2, 0) is 0 Å². The van der Waals surface area contributed by atoms with Gasteiger partial charge in [0, 0.05) is 11.6 Å². The minimum absolute atomic E-state index is 0.0709. The third-order valence-electron chi connectivity index (χ3n) is 2.41. The van der Waals surface area contributed by atoms with Crippen LogP contribution in [0.2, 0.25) is 0 Å². The van der Waals surface area contributed by atoms with Crippen LogP contribution in [0.5, 0.6) is 11.5 Å². The third kappa shape index (κ3) is 2.93. The van der Waals surface area contributed by atoms with Gasteiger partial charge in [0.15, 0.2) is 17.4 Å². The van der Waals surface area contributed by atoms with Crippen molar-refractivity contribution in [3.8, 4) is 11.5 Å². The van der Waals surface area contributed by atoms with Crippen LogP contribution in [0.4, 0.5) is 13.2 Å². The molecule has 0 unspecified atom stereocenters. The minimum Gasteiger partial charge on any atom is -0.450 e. The van der Waals surface area contributed by atoms with Crippen LogP contribution in [0.25, 0.3) is 0 Å². The summed E-state index contributed by atoms with van der Waals surface area (Å²) in [6.07, 6.45) is 0. The topological polar surface area (TPSA) is 59.1 Å². The van der Waals surface area contributed by atoms with E-state index in [1.165, 1.54) is 12.1 Å². The van der Waals surface area contributed by atoms with E-state index in [-0.39, 0.29) is 11.3 Å². The van der Waals surface area contributed by atoms with Gasteiger partial charge in [-0.3, -0.25) is 5.41 Å². The maximum Gasteiger partial charge on any atom is 0.198 e. The second kappa shape index (κ2) is 5.54. The molecule has 7 heteroatoms. The molecule has 104 valence electrons. The molecule has 0 heterocycles. The van der Waals surface area contributed by atoms with E-state index in [4.69, 9.17) is 15.9 Å². The molecule has 0 fully saturated rings. The van der Waals surface area contributed by atoms with Gasteiger partial charge in [-0.15, -0.1) is 0 Å². The van der Waals surface area contributed by atoms with Crippen molar-refractivity contribution in [3.05, 3.63) is 57.8 Å². The van der Waals surface area contributed by atoms with Crippen LogP contribution >= 0.6 is 15.9 Å². The number of ether oxygens (including phenoxy) is 1. The zero-order valence-electron chi connectivity index (χ0n) is 9.88. The van der Waals surface area contributed by atoms with E-state index < -0.39 is 29.0 Å². The van der Waals surface area contributed by atoms with E-state index in [1.807, 2.05) is 0 Å². The Balaban J connectivity index is 2.44. The highest BCUT2D eigenvalue weighted by Gasteiger charge is 2.16. The zero-order chi connectivity index (χ0) is 14.9. The fraction of sp³-hybridized carbons (Fsp3) is 0. The molecule has 0 aromatic heterocycles. The zero-order valence-corrected chi connectivity index (χ0v) is 11.5. The third-order valence-corrected chi connectivity index (χ3v) is 3.07. The molecule has 3 nitrogen and oxygen atoms in total. The summed E-state index contributed by atoms with van der Waals surface area (Å²) in [5.74, 6) is -3.91. The number of benzene rings is 2. The summed E-state index contributed by atoms with van der Waals surface area (Å²) in [5.41, 5.74) is 5.04. The highest BCUT2D eigenvalue weighted by Crippen LogP contribution is 2.33. The summed E-state index contributed by atoms with van der Waals surface area (Å²) >= 11 is 3.08. The molecule has 2 rings (SSSR count). The number of nitrogens with one attached hydrogen (secondary N) is 1. The molecule has 0 bridgehead atoms. The lowest BCUT2D eigenvalue weighted by Gasteiger charge is -2.11. The number of hydrogen-bond acceptors (Lipinski definition) is 2. The summed E-state index contributed by atoms with van der Waals surface area (Å²) in [6.45, 7) is 0. The number of hydrogen-bond donors (Lipinski definition) is 2. The Morgan fingerprint density at radius 3 is 2.25 bits per heavy atom. The molecular weight excluding hydrogens is 337 g/mol. The molecule has 0 aliphatic carbocycles. The van der Waals surface area contributed by atoms with Crippen LogP contribution in [0.3, 0.4) is 0 Å². The minimum atomic E-state index is -1.04. The first-order valence-electron chi connectivity index (χ1n) is 5.35. The number of halogens is 4. The Morgan fingerprint density at radius 2 is 1.70 bits per heavy atom. The van der Waals surface area contributed by atoms with E-state index in [2.05, 4.69) is 15.9 Å². The maximum absolute atomic E-state index is 13.8. The van der Waals surface area contributed by atoms with Gasteiger partial charge < -0.3 is 10.5 Å². The predicted molar refractivity (Wildman–Crippen MR) is 71.5 cm³/mol. The molecule has 0 aliphatic heterocycles. The molecule has 2 aromatic carbocycles. The molecular formula is C13H8BrF3N2O. The van der Waals surface area contributed by atoms with Crippen molar-refractivity contribution >= 4 is 21.8 Å². The smallest absolute Gasteiger partial charge is 0.198 e. The Hall–Kier alpha value is -2.02. The van der Waals surface area contributed by atoms with Crippen LogP contribution < -0.4 is 10.5 Å². The molecule has 0 saturated heterocycles. The van der Waals surface area contributed by atoms with Gasteiger partial charge in [-0.2, -0.15) is 0 Å². The van der Waals surface area contributed by atoms with Crippen LogP contribution in [0.1, 0.15) is 5.56 Å². The largest absolute Gasteiger partial charge is 0.450 e. The molecule has 20 heavy (non-hydrogen) atoms. The molecule has 0 amide bonds. The number of rotatable bonds is 3. The van der Waals surface area contributed by atoms with E-state index in [0.29, 0.717) is 4.47 Å². The Morgan fingerprint density at radius 1 is 1.10 bits per heavy atom. The van der Waals surface area contributed by atoms with E-state index >= 15 is 0 Å². The maximum atomic E-state index is 13.8. The Bertz CT molecular complexity index is 668. The first-order chi connectivity index (χ1) is 9.38. The molecule has 0 saturated carbocycles. The van der Waals surface area contributed by atoms with Crippen LogP contribution in [0, 0.1) is 22.9 Å². The van der Waals surface area contributed by atoms with Crippen molar-refractivity contribution in [2.75, 3.05) is 0 Å². The normalized spacial score (nSPS) is 10.4. The standard InChI is InChI=1S/C13H8BrF3N2O/c14-8-2-1-7(15)5-11(8)20-12-9(16)3-6(13(18)19)4-10(12)17/h1-5H,(H3,18,19). The van der Waals surface area contributed by atoms with Gasteiger partial charge in [0.1, 0.15) is 17.4 Å². The molecule has 3 N–H and O–H groups in total. The fourth-order valence-corrected chi connectivity index (χ4v) is 1.81. The second-order valence-corrected chi connectivity index (χ2v) is 4.71.